The van der Waals surface area contributed by atoms with Gasteiger partial charge in [-0.25, -0.2) is 0 Å². The molecule has 1 atom stereocenters. The lowest BCUT2D eigenvalue weighted by Crippen LogP contribution is -2.33. The number of carboxylic acids is 1. The van der Waals surface area contributed by atoms with Crippen molar-refractivity contribution >= 4 is 29.0 Å². The highest BCUT2D eigenvalue weighted by Gasteiger charge is 2.17. The number of pyridine rings is 1. The third-order valence-corrected chi connectivity index (χ3v) is 3.34. The number of methoxy groups -OCH3 is 1. The predicted molar refractivity (Wildman–Crippen MR) is 91.6 cm³/mol. The summed E-state index contributed by atoms with van der Waals surface area (Å²) in [6.45, 7) is 0. The number of rotatable bonds is 6. The summed E-state index contributed by atoms with van der Waals surface area (Å²) >= 11 is 5.26. The van der Waals surface area contributed by atoms with Gasteiger partial charge in [0, 0.05) is 18.1 Å². The van der Waals surface area contributed by atoms with Crippen molar-refractivity contribution in [1.82, 2.24) is 10.3 Å². The first-order valence-electron chi connectivity index (χ1n) is 6.92. The fraction of sp³-hybridized carbons (Fsp3) is 0.188. The van der Waals surface area contributed by atoms with Crippen molar-refractivity contribution in [2.24, 2.45) is 0 Å². The van der Waals surface area contributed by atoms with Gasteiger partial charge in [-0.1, -0.05) is 12.1 Å². The molecule has 1 heterocycles. The van der Waals surface area contributed by atoms with Crippen LogP contribution >= 0.6 is 12.2 Å². The maximum absolute atomic E-state index is 11.1. The highest BCUT2D eigenvalue weighted by molar-refractivity contribution is 7.80. The van der Waals surface area contributed by atoms with Crippen LogP contribution in [0.5, 0.6) is 5.75 Å². The molecule has 0 aliphatic rings. The number of aromatic nitrogens is 1. The molecule has 0 unspecified atom stereocenters. The molecule has 120 valence electrons. The molecule has 1 aromatic carbocycles. The van der Waals surface area contributed by atoms with Crippen molar-refractivity contribution < 1.29 is 14.6 Å². The number of ether oxygens (including phenoxy) is 1. The van der Waals surface area contributed by atoms with Gasteiger partial charge in [-0.3, -0.25) is 9.78 Å². The van der Waals surface area contributed by atoms with Gasteiger partial charge in [-0.05, 0) is 42.0 Å². The van der Waals surface area contributed by atoms with E-state index in [4.69, 9.17) is 22.1 Å². The second kappa shape index (κ2) is 8.09. The normalized spacial score (nSPS) is 11.3. The van der Waals surface area contributed by atoms with E-state index in [0.717, 1.165) is 11.3 Å². The molecule has 0 fully saturated rings. The van der Waals surface area contributed by atoms with Crippen LogP contribution < -0.4 is 15.4 Å². The molecule has 0 spiro atoms. The number of nitrogens with zero attached hydrogens (tertiary/aromatic N) is 1. The average Bonchev–Trinajstić information content (AvgIpc) is 2.54. The minimum atomic E-state index is -0.919. The molecular formula is C16H17N3O3S. The maximum Gasteiger partial charge on any atom is 0.305 e. The smallest absolute Gasteiger partial charge is 0.305 e. The number of aliphatic carboxylic acids is 1. The molecule has 0 amide bonds. The monoisotopic (exact) mass is 331 g/mol. The van der Waals surface area contributed by atoms with Crippen molar-refractivity contribution in [3.63, 3.8) is 0 Å². The summed E-state index contributed by atoms with van der Waals surface area (Å²) in [5.41, 5.74) is 1.56. The van der Waals surface area contributed by atoms with E-state index >= 15 is 0 Å². The Kier molecular flexibility index (Phi) is 5.87. The second-order valence-electron chi connectivity index (χ2n) is 4.76. The molecule has 7 heteroatoms. The number of carboxylic acid groups (broad SMARTS) is 1. The summed E-state index contributed by atoms with van der Waals surface area (Å²) in [5.74, 6) is -0.260. The van der Waals surface area contributed by atoms with Crippen molar-refractivity contribution in [2.75, 3.05) is 12.4 Å². The highest BCUT2D eigenvalue weighted by atomic mass is 32.1. The van der Waals surface area contributed by atoms with Crippen molar-refractivity contribution in [3.8, 4) is 5.75 Å². The Balaban J connectivity index is 2.11. The molecular weight excluding hydrogens is 314 g/mol. The number of benzene rings is 1. The zero-order valence-corrected chi connectivity index (χ0v) is 13.3. The molecule has 23 heavy (non-hydrogen) atoms. The third-order valence-electron chi connectivity index (χ3n) is 3.12. The lowest BCUT2D eigenvalue weighted by atomic mass is 10.0. The number of hydrogen-bond acceptors (Lipinski definition) is 4. The fourth-order valence-corrected chi connectivity index (χ4v) is 2.31. The molecule has 0 aliphatic heterocycles. The fourth-order valence-electron chi connectivity index (χ4n) is 2.05. The Labute approximate surface area is 139 Å². The Morgan fingerprint density at radius 2 is 2.09 bits per heavy atom. The topological polar surface area (TPSA) is 83.5 Å². The summed E-state index contributed by atoms with van der Waals surface area (Å²) in [5, 5.41) is 15.5. The summed E-state index contributed by atoms with van der Waals surface area (Å²) < 4.78 is 5.18. The standard InChI is InChI=1S/C16H17N3O3S/c1-22-13-4-2-3-11(9-13)14(10-15(20)21)19-16(23)18-12-5-7-17-8-6-12/h2-9,14H,10H2,1H3,(H,20,21)(H2,17,18,19,23)/t14-/m1/s1. The van der Waals surface area contributed by atoms with Crippen LogP contribution in [0.3, 0.4) is 0 Å². The molecule has 0 aliphatic carbocycles. The first-order chi connectivity index (χ1) is 11.1. The molecule has 3 N–H and O–H groups in total. The van der Waals surface area contributed by atoms with E-state index in [0.29, 0.717) is 10.9 Å². The van der Waals surface area contributed by atoms with E-state index in [-0.39, 0.29) is 6.42 Å². The lowest BCUT2D eigenvalue weighted by molar-refractivity contribution is -0.137. The Hall–Kier alpha value is -2.67. The second-order valence-corrected chi connectivity index (χ2v) is 5.17. The van der Waals surface area contributed by atoms with E-state index in [9.17, 15) is 4.79 Å². The van der Waals surface area contributed by atoms with Crippen LogP contribution in [0.15, 0.2) is 48.8 Å². The zero-order valence-electron chi connectivity index (χ0n) is 12.5. The number of carbonyl (C=O) groups is 1. The van der Waals surface area contributed by atoms with Gasteiger partial charge in [-0.15, -0.1) is 0 Å². The van der Waals surface area contributed by atoms with E-state index in [1.807, 2.05) is 12.1 Å². The van der Waals surface area contributed by atoms with Crippen LogP contribution in [0.1, 0.15) is 18.0 Å². The molecule has 6 nitrogen and oxygen atoms in total. The van der Waals surface area contributed by atoms with E-state index < -0.39 is 12.0 Å². The highest BCUT2D eigenvalue weighted by Crippen LogP contribution is 2.22. The molecule has 0 radical (unpaired) electrons. The average molecular weight is 331 g/mol. The first kappa shape index (κ1) is 16.7. The number of thiocarbonyl (C=S) groups is 1. The molecule has 2 aromatic rings. The largest absolute Gasteiger partial charge is 0.497 e. The molecule has 2 rings (SSSR count). The summed E-state index contributed by atoms with van der Waals surface area (Å²) in [6, 6.07) is 10.3. The zero-order chi connectivity index (χ0) is 16.7. The van der Waals surface area contributed by atoms with Crippen LogP contribution in [-0.2, 0) is 4.79 Å². The van der Waals surface area contributed by atoms with Gasteiger partial charge in [-0.2, -0.15) is 0 Å². The Bertz CT molecular complexity index is 679. The molecule has 1 aromatic heterocycles. The van der Waals surface area contributed by atoms with Gasteiger partial charge in [0.15, 0.2) is 5.11 Å². The summed E-state index contributed by atoms with van der Waals surface area (Å²) in [7, 11) is 1.56. The lowest BCUT2D eigenvalue weighted by Gasteiger charge is -2.20. The minimum Gasteiger partial charge on any atom is -0.497 e. The van der Waals surface area contributed by atoms with Crippen molar-refractivity contribution in [3.05, 3.63) is 54.4 Å². The maximum atomic E-state index is 11.1. The summed E-state index contributed by atoms with van der Waals surface area (Å²) in [6.07, 6.45) is 3.18. The quantitative estimate of drug-likeness (QED) is 0.702. The van der Waals surface area contributed by atoms with Gasteiger partial charge < -0.3 is 20.5 Å². The third kappa shape index (κ3) is 5.23. The first-order valence-corrected chi connectivity index (χ1v) is 7.32. The van der Waals surface area contributed by atoms with Crippen molar-refractivity contribution in [2.45, 2.75) is 12.5 Å². The summed E-state index contributed by atoms with van der Waals surface area (Å²) in [4.78, 5) is 15.1. The minimum absolute atomic E-state index is 0.106. The van der Waals surface area contributed by atoms with E-state index in [2.05, 4.69) is 15.6 Å². The molecule has 0 bridgehead atoms. The van der Waals surface area contributed by atoms with Crippen LogP contribution in [-0.4, -0.2) is 28.3 Å². The van der Waals surface area contributed by atoms with Crippen LogP contribution in [0.2, 0.25) is 0 Å². The Morgan fingerprint density at radius 1 is 1.35 bits per heavy atom. The van der Waals surface area contributed by atoms with Gasteiger partial charge in [0.1, 0.15) is 5.75 Å². The molecule has 0 saturated carbocycles. The van der Waals surface area contributed by atoms with Crippen LogP contribution in [0.25, 0.3) is 0 Å². The SMILES string of the molecule is COc1cccc([C@@H](CC(=O)O)NC(=S)Nc2ccncc2)c1. The number of nitrogens with one attached hydrogen (secondary N) is 2. The number of hydrogen-bond donors (Lipinski definition) is 3. The predicted octanol–water partition coefficient (Wildman–Crippen LogP) is 2.59. The van der Waals surface area contributed by atoms with E-state index in [1.54, 1.807) is 43.8 Å². The van der Waals surface area contributed by atoms with Crippen LogP contribution in [0, 0.1) is 0 Å². The van der Waals surface area contributed by atoms with E-state index in [1.165, 1.54) is 0 Å². The van der Waals surface area contributed by atoms with Crippen molar-refractivity contribution in [1.29, 1.82) is 0 Å². The van der Waals surface area contributed by atoms with Crippen LogP contribution in [0.4, 0.5) is 5.69 Å². The van der Waals surface area contributed by atoms with Gasteiger partial charge in [0.05, 0.1) is 19.6 Å². The Morgan fingerprint density at radius 3 is 2.74 bits per heavy atom. The van der Waals surface area contributed by atoms with Gasteiger partial charge >= 0.3 is 5.97 Å². The van der Waals surface area contributed by atoms with Gasteiger partial charge in [0.2, 0.25) is 0 Å². The van der Waals surface area contributed by atoms with Gasteiger partial charge in [0.25, 0.3) is 0 Å². The number of anilines is 1. The molecule has 0 saturated heterocycles.